The Morgan fingerprint density at radius 2 is 1.94 bits per heavy atom. The molecule has 164 valence electrons. The van der Waals surface area contributed by atoms with Gasteiger partial charge in [-0.3, -0.25) is 9.69 Å². The van der Waals surface area contributed by atoms with Gasteiger partial charge in [0.05, 0.1) is 5.69 Å². The summed E-state index contributed by atoms with van der Waals surface area (Å²) in [6.45, 7) is 9.57. The molecule has 5 rings (SSSR count). The second-order valence-electron chi connectivity index (χ2n) is 8.94. The molecule has 2 saturated heterocycles. The Morgan fingerprint density at radius 1 is 1.16 bits per heavy atom. The number of aromatic amines is 1. The number of hydrogen-bond acceptors (Lipinski definition) is 4. The number of aromatic nitrogens is 1. The fourth-order valence-corrected chi connectivity index (χ4v) is 5.85. The van der Waals surface area contributed by atoms with Crippen LogP contribution in [0.1, 0.15) is 29.5 Å². The Morgan fingerprint density at radius 3 is 2.65 bits per heavy atom. The van der Waals surface area contributed by atoms with Crippen molar-refractivity contribution < 1.29 is 9.53 Å². The highest BCUT2D eigenvalue weighted by Crippen LogP contribution is 2.34. The average molecular weight is 438 g/mol. The van der Waals surface area contributed by atoms with E-state index >= 15 is 0 Å². The Labute approximate surface area is 188 Å². The van der Waals surface area contributed by atoms with Gasteiger partial charge in [-0.1, -0.05) is 17.2 Å². The van der Waals surface area contributed by atoms with Crippen molar-refractivity contribution in [3.05, 3.63) is 46.3 Å². The summed E-state index contributed by atoms with van der Waals surface area (Å²) < 4.78 is 5.59. The van der Waals surface area contributed by atoms with Crippen LogP contribution in [-0.4, -0.2) is 66.1 Å². The van der Waals surface area contributed by atoms with E-state index < -0.39 is 0 Å². The van der Waals surface area contributed by atoms with Gasteiger partial charge in [0.2, 0.25) is 0 Å². The molecule has 0 spiro atoms. The third kappa shape index (κ3) is 4.29. The van der Waals surface area contributed by atoms with Crippen LogP contribution in [0.4, 0.5) is 0 Å². The maximum atomic E-state index is 12.6. The predicted molar refractivity (Wildman–Crippen MR) is 127 cm³/mol. The monoisotopic (exact) mass is 437 g/mol. The van der Waals surface area contributed by atoms with E-state index in [1.54, 1.807) is 11.3 Å². The van der Waals surface area contributed by atoms with Gasteiger partial charge in [-0.2, -0.15) is 0 Å². The van der Waals surface area contributed by atoms with Gasteiger partial charge in [0.25, 0.3) is 5.91 Å². The predicted octanol–water partition coefficient (Wildman–Crippen LogP) is 4.38. The van der Waals surface area contributed by atoms with E-state index in [1.807, 2.05) is 4.90 Å². The number of hydrogen-bond donors (Lipinski definition) is 1. The first-order valence-corrected chi connectivity index (χ1v) is 12.3. The summed E-state index contributed by atoms with van der Waals surface area (Å²) in [5.41, 5.74) is 6.56. The Balaban J connectivity index is 1.27. The van der Waals surface area contributed by atoms with Gasteiger partial charge in [-0.05, 0) is 67.8 Å². The van der Waals surface area contributed by atoms with E-state index in [1.165, 1.54) is 38.2 Å². The van der Waals surface area contributed by atoms with Crippen molar-refractivity contribution in [1.29, 1.82) is 0 Å². The smallest absolute Gasteiger partial charge is 0.251 e. The molecule has 1 unspecified atom stereocenters. The molecule has 0 aliphatic carbocycles. The van der Waals surface area contributed by atoms with E-state index in [0.717, 1.165) is 58.6 Å². The minimum atomic E-state index is -0.196. The number of piperazine rings is 1. The van der Waals surface area contributed by atoms with Crippen molar-refractivity contribution in [2.24, 2.45) is 0 Å². The maximum Gasteiger partial charge on any atom is 0.251 e. The van der Waals surface area contributed by atoms with Crippen LogP contribution in [0.2, 0.25) is 0 Å². The highest BCUT2D eigenvalue weighted by atomic mass is 32.1. The first-order valence-electron chi connectivity index (χ1n) is 11.4. The van der Waals surface area contributed by atoms with Crippen LogP contribution < -0.4 is 0 Å². The number of rotatable bonds is 5. The number of aryl methyl sites for hydroxylation is 2. The highest BCUT2D eigenvalue weighted by molar-refractivity contribution is 7.16. The molecular formula is C25H31N3O2S. The molecule has 0 radical (unpaired) electrons. The van der Waals surface area contributed by atoms with E-state index in [0.29, 0.717) is 0 Å². The third-order valence-corrected chi connectivity index (χ3v) is 7.44. The van der Waals surface area contributed by atoms with Crippen molar-refractivity contribution in [2.75, 3.05) is 39.3 Å². The standard InChI is InChI=1S/C25H31N3O2S/c1-17-14-18(2)16-19(15-17)23-20(21-6-13-31-24(21)26-23)5-7-27-8-10-28(11-9-27)25(29)22-4-3-12-30-22/h6,13-16,22,26H,3-5,7-12H2,1-2H3. The molecule has 1 atom stereocenters. The summed E-state index contributed by atoms with van der Waals surface area (Å²) in [6, 6.07) is 9.03. The fourth-order valence-electron chi connectivity index (χ4n) is 5.03. The zero-order valence-corrected chi connectivity index (χ0v) is 19.3. The fraction of sp³-hybridized carbons (Fsp3) is 0.480. The molecule has 1 N–H and O–H groups in total. The number of benzene rings is 1. The molecule has 1 amide bonds. The quantitative estimate of drug-likeness (QED) is 0.644. The number of thiophene rings is 1. The molecule has 0 saturated carbocycles. The van der Waals surface area contributed by atoms with Crippen LogP contribution in [0.15, 0.2) is 29.6 Å². The molecule has 6 heteroatoms. The number of H-pyrrole nitrogens is 1. The summed E-state index contributed by atoms with van der Waals surface area (Å²) in [4.78, 5) is 22.1. The summed E-state index contributed by atoms with van der Waals surface area (Å²) >= 11 is 1.78. The number of ether oxygens (including phenoxy) is 1. The molecule has 2 fully saturated rings. The molecule has 3 aromatic rings. The summed E-state index contributed by atoms with van der Waals surface area (Å²) in [6.07, 6.45) is 2.70. The lowest BCUT2D eigenvalue weighted by atomic mass is 10.00. The third-order valence-electron chi connectivity index (χ3n) is 6.61. The van der Waals surface area contributed by atoms with Gasteiger partial charge in [0.15, 0.2) is 0 Å². The van der Waals surface area contributed by atoms with Crippen LogP contribution in [0.5, 0.6) is 0 Å². The van der Waals surface area contributed by atoms with Crippen molar-refractivity contribution in [1.82, 2.24) is 14.8 Å². The number of nitrogens with zero attached hydrogens (tertiary/aromatic N) is 2. The zero-order chi connectivity index (χ0) is 21.4. The van der Waals surface area contributed by atoms with E-state index in [4.69, 9.17) is 4.74 Å². The number of carbonyl (C=O) groups is 1. The molecule has 2 aromatic heterocycles. The second-order valence-corrected chi connectivity index (χ2v) is 9.85. The molecule has 2 aliphatic heterocycles. The zero-order valence-electron chi connectivity index (χ0n) is 18.4. The lowest BCUT2D eigenvalue weighted by Crippen LogP contribution is -2.51. The van der Waals surface area contributed by atoms with Gasteiger partial charge in [0, 0.05) is 44.7 Å². The van der Waals surface area contributed by atoms with E-state index in [-0.39, 0.29) is 12.0 Å². The van der Waals surface area contributed by atoms with Gasteiger partial charge in [-0.15, -0.1) is 11.3 Å². The largest absolute Gasteiger partial charge is 0.368 e. The normalized spacial score (nSPS) is 20.1. The number of fused-ring (bicyclic) bond motifs is 1. The van der Waals surface area contributed by atoms with Crippen molar-refractivity contribution in [3.8, 4) is 11.3 Å². The Hall–Kier alpha value is -2.15. The average Bonchev–Trinajstić information content (AvgIpc) is 3.49. The molecule has 0 bridgehead atoms. The maximum absolute atomic E-state index is 12.6. The van der Waals surface area contributed by atoms with Gasteiger partial charge >= 0.3 is 0 Å². The van der Waals surface area contributed by atoms with Crippen LogP contribution in [0.3, 0.4) is 0 Å². The van der Waals surface area contributed by atoms with Crippen LogP contribution in [-0.2, 0) is 16.0 Å². The lowest BCUT2D eigenvalue weighted by Gasteiger charge is -2.35. The lowest BCUT2D eigenvalue weighted by molar-refractivity contribution is -0.142. The van der Waals surface area contributed by atoms with Crippen LogP contribution in [0, 0.1) is 13.8 Å². The minimum Gasteiger partial charge on any atom is -0.368 e. The van der Waals surface area contributed by atoms with E-state index in [9.17, 15) is 4.79 Å². The Bertz CT molecular complexity index is 1050. The number of amides is 1. The summed E-state index contributed by atoms with van der Waals surface area (Å²) in [7, 11) is 0. The van der Waals surface area contributed by atoms with Crippen molar-refractivity contribution in [2.45, 2.75) is 39.2 Å². The van der Waals surface area contributed by atoms with Crippen molar-refractivity contribution in [3.63, 3.8) is 0 Å². The SMILES string of the molecule is Cc1cc(C)cc(-c2[nH]c3sccc3c2CCN2CCN(C(=O)C3CCCO3)CC2)c1. The molecule has 1 aromatic carbocycles. The first-order chi connectivity index (χ1) is 15.1. The van der Waals surface area contributed by atoms with Gasteiger partial charge in [0.1, 0.15) is 10.9 Å². The first kappa shape index (κ1) is 20.7. The molecule has 31 heavy (non-hydrogen) atoms. The molecule has 4 heterocycles. The molecular weight excluding hydrogens is 406 g/mol. The summed E-state index contributed by atoms with van der Waals surface area (Å²) in [5.74, 6) is 0.194. The molecule has 2 aliphatic rings. The Kier molecular flexibility index (Phi) is 5.87. The van der Waals surface area contributed by atoms with Crippen molar-refractivity contribution >= 4 is 27.5 Å². The van der Waals surface area contributed by atoms with Gasteiger partial charge in [-0.25, -0.2) is 0 Å². The topological polar surface area (TPSA) is 48.6 Å². The number of nitrogens with one attached hydrogen (secondary N) is 1. The second kappa shape index (κ2) is 8.77. The molecule has 5 nitrogen and oxygen atoms in total. The van der Waals surface area contributed by atoms with Crippen LogP contribution >= 0.6 is 11.3 Å². The van der Waals surface area contributed by atoms with E-state index in [2.05, 4.69) is 53.4 Å². The number of carbonyl (C=O) groups excluding carboxylic acids is 1. The van der Waals surface area contributed by atoms with Crippen LogP contribution in [0.25, 0.3) is 21.5 Å². The van der Waals surface area contributed by atoms with Gasteiger partial charge < -0.3 is 14.6 Å². The highest BCUT2D eigenvalue weighted by Gasteiger charge is 2.30. The minimum absolute atomic E-state index is 0.194. The summed E-state index contributed by atoms with van der Waals surface area (Å²) in [5, 5.41) is 3.53.